The fraction of sp³-hybridized carbons (Fsp3) is 0.667. The largest absolute Gasteiger partial charge is 0.396 e. The molecule has 0 aliphatic heterocycles. The van der Waals surface area contributed by atoms with Crippen molar-refractivity contribution in [2.75, 3.05) is 13.2 Å². The molecule has 0 radical (unpaired) electrons. The predicted octanol–water partition coefficient (Wildman–Crippen LogP) is 1.35. The number of ether oxygens (including phenoxy) is 1. The van der Waals surface area contributed by atoms with E-state index in [4.69, 9.17) is 9.84 Å². The first kappa shape index (κ1) is 20.1. The molecule has 0 fully saturated rings. The van der Waals surface area contributed by atoms with E-state index in [1.54, 1.807) is 11.6 Å². The molecule has 8 nitrogen and oxygen atoms in total. The summed E-state index contributed by atoms with van der Waals surface area (Å²) in [5.41, 5.74) is -0.225. The number of hydrogen-bond donors (Lipinski definition) is 1. The first-order valence-electron chi connectivity index (χ1n) is 8.21. The van der Waals surface area contributed by atoms with Crippen LogP contribution in [0.2, 0.25) is 25.7 Å². The van der Waals surface area contributed by atoms with Gasteiger partial charge in [0.05, 0.1) is 0 Å². The zero-order valence-corrected chi connectivity index (χ0v) is 17.7. The first-order valence-corrected chi connectivity index (χ1v) is 12.7. The average Bonchev–Trinajstić information content (AvgIpc) is 2.85. The topological polar surface area (TPSA) is 91.3 Å². The van der Waals surface area contributed by atoms with E-state index in [-0.39, 0.29) is 19.9 Å². The van der Waals surface area contributed by atoms with Crippen LogP contribution in [0.25, 0.3) is 11.2 Å². The molecule has 2 aromatic heterocycles. The van der Waals surface area contributed by atoms with Crippen molar-refractivity contribution in [1.82, 2.24) is 18.7 Å². The second-order valence-electron chi connectivity index (χ2n) is 7.20. The number of aliphatic hydroxyl groups excluding tert-OH is 1. The van der Waals surface area contributed by atoms with Gasteiger partial charge in [-0.1, -0.05) is 19.6 Å². The van der Waals surface area contributed by atoms with Gasteiger partial charge in [-0.2, -0.15) is 0 Å². The molecule has 0 aliphatic carbocycles. The van der Waals surface area contributed by atoms with Gasteiger partial charge < -0.3 is 9.84 Å². The Morgan fingerprint density at radius 2 is 1.92 bits per heavy atom. The zero-order valence-electron chi connectivity index (χ0n) is 15.1. The van der Waals surface area contributed by atoms with E-state index in [2.05, 4.69) is 40.6 Å². The molecule has 0 aliphatic rings. The second-order valence-corrected chi connectivity index (χ2v) is 13.5. The lowest BCUT2D eigenvalue weighted by Gasteiger charge is -2.16. The summed E-state index contributed by atoms with van der Waals surface area (Å²) in [6, 6.07) is 1.02. The Hall–Kier alpha value is -1.23. The van der Waals surface area contributed by atoms with Crippen LogP contribution in [0.1, 0.15) is 6.42 Å². The van der Waals surface area contributed by atoms with Gasteiger partial charge in [0.2, 0.25) is 0 Å². The van der Waals surface area contributed by atoms with E-state index < -0.39 is 19.3 Å². The van der Waals surface area contributed by atoms with Crippen molar-refractivity contribution in [3.63, 3.8) is 0 Å². The van der Waals surface area contributed by atoms with Gasteiger partial charge in [-0.05, 0) is 28.4 Å². The van der Waals surface area contributed by atoms with E-state index in [0.29, 0.717) is 28.9 Å². The Bertz CT molecular complexity index is 865. The minimum Gasteiger partial charge on any atom is -0.396 e. The lowest BCUT2D eigenvalue weighted by Crippen LogP contribution is -2.40. The van der Waals surface area contributed by atoms with Gasteiger partial charge in [0, 0.05) is 34.9 Å². The number of aromatic nitrogens is 4. The minimum absolute atomic E-state index is 0.0869. The molecule has 0 saturated carbocycles. The summed E-state index contributed by atoms with van der Waals surface area (Å²) in [7, 11) is 0.384. The number of fused-ring (bicyclic) bond motifs is 1. The smallest absolute Gasteiger partial charge is 0.332 e. The fourth-order valence-electron chi connectivity index (χ4n) is 2.42. The quantitative estimate of drug-likeness (QED) is 0.386. The van der Waals surface area contributed by atoms with Crippen molar-refractivity contribution in [2.45, 2.75) is 45.4 Å². The molecule has 0 bridgehead atoms. The highest BCUT2D eigenvalue weighted by molar-refractivity contribution is 9.10. The Morgan fingerprint density at radius 3 is 2.52 bits per heavy atom. The predicted molar refractivity (Wildman–Crippen MR) is 103 cm³/mol. The maximum atomic E-state index is 12.8. The van der Waals surface area contributed by atoms with E-state index in [0.717, 1.165) is 10.6 Å². The number of imidazole rings is 1. The van der Waals surface area contributed by atoms with Crippen LogP contribution in [-0.4, -0.2) is 45.1 Å². The lowest BCUT2D eigenvalue weighted by molar-refractivity contribution is 0.0882. The molecule has 1 N–H and O–H groups in total. The molecular formula is C15H25BrN4O4Si. The van der Waals surface area contributed by atoms with E-state index in [1.165, 1.54) is 4.57 Å². The highest BCUT2D eigenvalue weighted by Crippen LogP contribution is 2.17. The van der Waals surface area contributed by atoms with Gasteiger partial charge in [-0.3, -0.25) is 18.5 Å². The average molecular weight is 433 g/mol. The van der Waals surface area contributed by atoms with Crippen LogP contribution < -0.4 is 11.2 Å². The van der Waals surface area contributed by atoms with Gasteiger partial charge >= 0.3 is 5.69 Å². The summed E-state index contributed by atoms with van der Waals surface area (Å²) in [6.45, 7) is 7.70. The second kappa shape index (κ2) is 7.98. The number of aliphatic hydroxyl groups is 1. The Balaban J connectivity index is 2.41. The van der Waals surface area contributed by atoms with Gasteiger partial charge in [0.25, 0.3) is 5.56 Å². The molecule has 0 amide bonds. The summed E-state index contributed by atoms with van der Waals surface area (Å²) in [4.78, 5) is 29.4. The molecule has 25 heavy (non-hydrogen) atoms. The standard InChI is InChI=1S/C15H25BrN4O4Si/c1-18-12-11(13(22)19(15(18)23)6-5-7-21)20(14(16)17-12)10-24-8-9-25(2,3)4/h21H,5-10H2,1-4H3. The maximum absolute atomic E-state index is 12.8. The maximum Gasteiger partial charge on any atom is 0.332 e. The number of halogens is 1. The number of hydrogen-bond acceptors (Lipinski definition) is 5. The van der Waals surface area contributed by atoms with Gasteiger partial charge in [-0.25, -0.2) is 9.78 Å². The van der Waals surface area contributed by atoms with Crippen LogP contribution in [0, 0.1) is 0 Å². The van der Waals surface area contributed by atoms with Gasteiger partial charge in [-0.15, -0.1) is 0 Å². The molecule has 0 spiro atoms. The Kier molecular flexibility index (Phi) is 6.41. The third kappa shape index (κ3) is 4.49. The van der Waals surface area contributed by atoms with Crippen LogP contribution in [0.15, 0.2) is 14.3 Å². The SMILES string of the molecule is Cn1c(=O)n(CCCO)c(=O)c2c1nc(Br)n2COCC[Si](C)(C)C. The summed E-state index contributed by atoms with van der Waals surface area (Å²) < 4.78 is 10.3. The highest BCUT2D eigenvalue weighted by Gasteiger charge is 2.19. The fourth-order valence-corrected chi connectivity index (χ4v) is 3.63. The van der Waals surface area contributed by atoms with Crippen LogP contribution >= 0.6 is 15.9 Å². The van der Waals surface area contributed by atoms with Crippen molar-refractivity contribution >= 4 is 35.2 Å². The van der Waals surface area contributed by atoms with Crippen molar-refractivity contribution in [1.29, 1.82) is 0 Å². The molecule has 10 heteroatoms. The van der Waals surface area contributed by atoms with Crippen LogP contribution in [0.5, 0.6) is 0 Å². The lowest BCUT2D eigenvalue weighted by atomic mass is 10.4. The Labute approximate surface area is 155 Å². The summed E-state index contributed by atoms with van der Waals surface area (Å²) in [5, 5.41) is 8.99. The number of rotatable bonds is 8. The molecule has 2 heterocycles. The third-order valence-corrected chi connectivity index (χ3v) is 6.25. The van der Waals surface area contributed by atoms with Crippen LogP contribution in [0.3, 0.4) is 0 Å². The molecule has 140 valence electrons. The van der Waals surface area contributed by atoms with Crippen molar-refractivity contribution in [3.8, 4) is 0 Å². The van der Waals surface area contributed by atoms with Crippen molar-refractivity contribution in [3.05, 3.63) is 25.6 Å². The number of aryl methyl sites for hydroxylation is 1. The van der Waals surface area contributed by atoms with E-state index in [9.17, 15) is 9.59 Å². The summed E-state index contributed by atoms with van der Waals surface area (Å²) in [6.07, 6.45) is 0.336. The molecule has 0 unspecified atom stereocenters. The molecule has 0 aromatic carbocycles. The minimum atomic E-state index is -1.19. The monoisotopic (exact) mass is 432 g/mol. The molecule has 2 rings (SSSR count). The molecule has 0 saturated heterocycles. The summed E-state index contributed by atoms with van der Waals surface area (Å²) >= 11 is 3.35. The Morgan fingerprint density at radius 1 is 1.24 bits per heavy atom. The zero-order chi connectivity index (χ0) is 18.8. The van der Waals surface area contributed by atoms with Crippen LogP contribution in [-0.2, 0) is 25.1 Å². The van der Waals surface area contributed by atoms with Gasteiger partial charge in [0.1, 0.15) is 6.73 Å². The third-order valence-electron chi connectivity index (χ3n) is 3.94. The van der Waals surface area contributed by atoms with Gasteiger partial charge in [0.15, 0.2) is 15.9 Å². The first-order chi connectivity index (χ1) is 11.7. The molecular weight excluding hydrogens is 408 g/mol. The normalized spacial score (nSPS) is 12.2. The summed E-state index contributed by atoms with van der Waals surface area (Å²) in [5.74, 6) is 0. The van der Waals surface area contributed by atoms with E-state index in [1.807, 2.05) is 0 Å². The van der Waals surface area contributed by atoms with E-state index >= 15 is 0 Å². The molecule has 2 aromatic rings. The van der Waals surface area contributed by atoms with Crippen LogP contribution in [0.4, 0.5) is 0 Å². The van der Waals surface area contributed by atoms with Crippen molar-refractivity contribution in [2.24, 2.45) is 7.05 Å². The van der Waals surface area contributed by atoms with Crippen molar-refractivity contribution < 1.29 is 9.84 Å². The molecule has 0 atom stereocenters. The highest BCUT2D eigenvalue weighted by atomic mass is 79.9. The number of nitrogens with zero attached hydrogens (tertiary/aromatic N) is 4.